The van der Waals surface area contributed by atoms with Gasteiger partial charge < -0.3 is 15.2 Å². The van der Waals surface area contributed by atoms with Crippen molar-refractivity contribution in [3.8, 4) is 5.75 Å². The maximum absolute atomic E-state index is 11.8. The molecule has 1 unspecified atom stereocenters. The van der Waals surface area contributed by atoms with E-state index in [1.54, 1.807) is 21.0 Å². The lowest BCUT2D eigenvalue weighted by molar-refractivity contribution is -0.152. The molecule has 0 aliphatic rings. The van der Waals surface area contributed by atoms with Gasteiger partial charge in [0.25, 0.3) is 0 Å². The third-order valence-electron chi connectivity index (χ3n) is 3.53. The van der Waals surface area contributed by atoms with Crippen LogP contribution in [-0.2, 0) is 9.53 Å². The van der Waals surface area contributed by atoms with E-state index in [1.807, 2.05) is 26.0 Å². The molecule has 1 rings (SSSR count). The van der Waals surface area contributed by atoms with Gasteiger partial charge in [0.2, 0.25) is 0 Å². The molecule has 0 aromatic heterocycles. The maximum Gasteiger partial charge on any atom is 0.313 e. The zero-order valence-electron chi connectivity index (χ0n) is 12.5. The number of methoxy groups -OCH3 is 2. The summed E-state index contributed by atoms with van der Waals surface area (Å²) in [6.07, 6.45) is 0. The molecule has 0 spiro atoms. The lowest BCUT2D eigenvalue weighted by atomic mass is 9.80. The number of carbonyl (C=O) groups excluding carboxylic acids is 1. The minimum Gasteiger partial charge on any atom is -0.496 e. The number of rotatable bonds is 4. The molecule has 4 heteroatoms. The minimum atomic E-state index is -0.776. The molecule has 0 saturated carbocycles. The molecule has 1 aromatic carbocycles. The lowest BCUT2D eigenvalue weighted by Crippen LogP contribution is -2.37. The largest absolute Gasteiger partial charge is 0.496 e. The number of hydrogen-bond donors (Lipinski definition) is 1. The van der Waals surface area contributed by atoms with Crippen molar-refractivity contribution in [2.45, 2.75) is 33.7 Å². The first-order valence-corrected chi connectivity index (χ1v) is 6.24. The highest BCUT2D eigenvalue weighted by atomic mass is 16.5. The molecule has 0 radical (unpaired) electrons. The van der Waals surface area contributed by atoms with Gasteiger partial charge in [-0.25, -0.2) is 0 Å². The number of aryl methyl sites for hydroxylation is 2. The number of ether oxygens (including phenoxy) is 2. The molecule has 0 amide bonds. The predicted molar refractivity (Wildman–Crippen MR) is 75.2 cm³/mol. The maximum atomic E-state index is 11.8. The number of benzene rings is 1. The molecule has 0 aliphatic heterocycles. The summed E-state index contributed by atoms with van der Waals surface area (Å²) in [4.78, 5) is 11.8. The third kappa shape index (κ3) is 2.89. The fraction of sp³-hybridized carbons (Fsp3) is 0.533. The zero-order valence-corrected chi connectivity index (χ0v) is 12.5. The van der Waals surface area contributed by atoms with Crippen molar-refractivity contribution in [1.29, 1.82) is 0 Å². The highest BCUT2D eigenvalue weighted by Gasteiger charge is 2.36. The Kier molecular flexibility index (Phi) is 4.58. The second-order valence-electron chi connectivity index (χ2n) is 5.38. The Hall–Kier alpha value is -1.55. The first-order chi connectivity index (χ1) is 8.75. The molecule has 0 bridgehead atoms. The van der Waals surface area contributed by atoms with Crippen molar-refractivity contribution in [2.24, 2.45) is 11.1 Å². The van der Waals surface area contributed by atoms with Gasteiger partial charge in [0.15, 0.2) is 0 Å². The summed E-state index contributed by atoms with van der Waals surface area (Å²) in [5.41, 5.74) is 8.39. The number of hydrogen-bond acceptors (Lipinski definition) is 4. The second-order valence-corrected chi connectivity index (χ2v) is 5.38. The molecule has 0 heterocycles. The van der Waals surface area contributed by atoms with Crippen LogP contribution in [0.4, 0.5) is 0 Å². The van der Waals surface area contributed by atoms with Crippen molar-refractivity contribution in [1.82, 2.24) is 0 Å². The van der Waals surface area contributed by atoms with Gasteiger partial charge in [-0.05, 0) is 44.4 Å². The summed E-state index contributed by atoms with van der Waals surface area (Å²) < 4.78 is 10.2. The third-order valence-corrected chi connectivity index (χ3v) is 3.53. The topological polar surface area (TPSA) is 61.5 Å². The molecule has 0 aliphatic carbocycles. The van der Waals surface area contributed by atoms with Gasteiger partial charge in [-0.2, -0.15) is 0 Å². The molecule has 19 heavy (non-hydrogen) atoms. The standard InChI is InChI=1S/C15H23NO3/c1-9-7-11(8-10(2)12(9)18-5)13(16)15(3,4)14(17)19-6/h7-8,13H,16H2,1-6H3. The van der Waals surface area contributed by atoms with E-state index in [0.29, 0.717) is 0 Å². The molecule has 1 atom stereocenters. The van der Waals surface area contributed by atoms with Crippen LogP contribution in [0.5, 0.6) is 5.75 Å². The first-order valence-electron chi connectivity index (χ1n) is 6.24. The molecule has 0 fully saturated rings. The van der Waals surface area contributed by atoms with Crippen LogP contribution >= 0.6 is 0 Å². The van der Waals surface area contributed by atoms with E-state index in [4.69, 9.17) is 15.2 Å². The fourth-order valence-electron chi connectivity index (χ4n) is 2.29. The van der Waals surface area contributed by atoms with Crippen LogP contribution in [0.2, 0.25) is 0 Å². The highest BCUT2D eigenvalue weighted by molar-refractivity contribution is 5.77. The Morgan fingerprint density at radius 3 is 2.05 bits per heavy atom. The van der Waals surface area contributed by atoms with Gasteiger partial charge in [-0.1, -0.05) is 12.1 Å². The van der Waals surface area contributed by atoms with Crippen molar-refractivity contribution in [3.63, 3.8) is 0 Å². The monoisotopic (exact) mass is 265 g/mol. The first kappa shape index (κ1) is 15.5. The molecule has 1 aromatic rings. The van der Waals surface area contributed by atoms with Crippen LogP contribution in [0, 0.1) is 19.3 Å². The van der Waals surface area contributed by atoms with Gasteiger partial charge in [0.05, 0.1) is 19.6 Å². The average Bonchev–Trinajstić information content (AvgIpc) is 2.36. The van der Waals surface area contributed by atoms with E-state index in [-0.39, 0.29) is 5.97 Å². The van der Waals surface area contributed by atoms with Gasteiger partial charge >= 0.3 is 5.97 Å². The summed E-state index contributed by atoms with van der Waals surface area (Å²) >= 11 is 0. The van der Waals surface area contributed by atoms with Crippen LogP contribution in [-0.4, -0.2) is 20.2 Å². The van der Waals surface area contributed by atoms with Gasteiger partial charge in [-0.15, -0.1) is 0 Å². The van der Waals surface area contributed by atoms with Crippen molar-refractivity contribution < 1.29 is 14.3 Å². The Morgan fingerprint density at radius 1 is 1.21 bits per heavy atom. The summed E-state index contributed by atoms with van der Waals surface area (Å²) in [7, 11) is 3.02. The second kappa shape index (κ2) is 5.61. The van der Waals surface area contributed by atoms with Crippen molar-refractivity contribution >= 4 is 5.97 Å². The smallest absolute Gasteiger partial charge is 0.313 e. The molecular formula is C15H23NO3. The molecule has 2 N–H and O–H groups in total. The van der Waals surface area contributed by atoms with Crippen LogP contribution < -0.4 is 10.5 Å². The van der Waals surface area contributed by atoms with E-state index < -0.39 is 11.5 Å². The lowest BCUT2D eigenvalue weighted by Gasteiger charge is -2.29. The summed E-state index contributed by atoms with van der Waals surface area (Å²) in [5.74, 6) is 0.540. The van der Waals surface area contributed by atoms with Gasteiger partial charge in [0, 0.05) is 6.04 Å². The fourth-order valence-corrected chi connectivity index (χ4v) is 2.29. The molecule has 106 valence electrons. The minimum absolute atomic E-state index is 0.314. The summed E-state index contributed by atoms with van der Waals surface area (Å²) in [6, 6.07) is 3.49. The van der Waals surface area contributed by atoms with Crippen LogP contribution in [0.25, 0.3) is 0 Å². The Morgan fingerprint density at radius 2 is 1.68 bits per heavy atom. The van der Waals surface area contributed by atoms with E-state index in [9.17, 15) is 4.79 Å². The number of esters is 1. The highest BCUT2D eigenvalue weighted by Crippen LogP contribution is 2.35. The Balaban J connectivity index is 3.21. The van der Waals surface area contributed by atoms with Crippen molar-refractivity contribution in [3.05, 3.63) is 28.8 Å². The normalized spacial score (nSPS) is 13.0. The summed E-state index contributed by atoms with van der Waals surface area (Å²) in [5, 5.41) is 0. The number of carbonyl (C=O) groups is 1. The van der Waals surface area contributed by atoms with Crippen LogP contribution in [0.3, 0.4) is 0 Å². The Labute approximate surface area is 114 Å². The molecule has 0 saturated heterocycles. The zero-order chi connectivity index (χ0) is 14.8. The van der Waals surface area contributed by atoms with E-state index in [1.165, 1.54) is 7.11 Å². The molecular weight excluding hydrogens is 242 g/mol. The Bertz CT molecular complexity index is 457. The van der Waals surface area contributed by atoms with Crippen molar-refractivity contribution in [2.75, 3.05) is 14.2 Å². The predicted octanol–water partition coefficient (Wildman–Crippen LogP) is 2.51. The van der Waals surface area contributed by atoms with Crippen LogP contribution in [0.15, 0.2) is 12.1 Å². The number of nitrogens with two attached hydrogens (primary N) is 1. The van der Waals surface area contributed by atoms with E-state index in [0.717, 1.165) is 22.4 Å². The van der Waals surface area contributed by atoms with E-state index >= 15 is 0 Å². The molecule has 4 nitrogen and oxygen atoms in total. The van der Waals surface area contributed by atoms with Gasteiger partial charge in [0.1, 0.15) is 5.75 Å². The van der Waals surface area contributed by atoms with Gasteiger partial charge in [-0.3, -0.25) is 4.79 Å². The average molecular weight is 265 g/mol. The summed E-state index contributed by atoms with van der Waals surface area (Å²) in [6.45, 7) is 7.51. The van der Waals surface area contributed by atoms with Crippen LogP contribution in [0.1, 0.15) is 36.6 Å². The quantitative estimate of drug-likeness (QED) is 0.850. The van der Waals surface area contributed by atoms with E-state index in [2.05, 4.69) is 0 Å². The SMILES string of the molecule is COC(=O)C(C)(C)C(N)c1cc(C)c(OC)c(C)c1.